The Hall–Kier alpha value is -1.56. The van der Waals surface area contributed by atoms with Crippen molar-refractivity contribution in [2.75, 3.05) is 26.6 Å². The fourth-order valence-corrected chi connectivity index (χ4v) is 1.68. The highest BCUT2D eigenvalue weighted by molar-refractivity contribution is 5.92. The largest absolute Gasteiger partial charge is 0.464 e. The van der Waals surface area contributed by atoms with E-state index in [0.29, 0.717) is 18.2 Å². The van der Waals surface area contributed by atoms with Crippen LogP contribution in [0, 0.1) is 6.92 Å². The highest BCUT2D eigenvalue weighted by atomic mass is 16.5. The third-order valence-corrected chi connectivity index (χ3v) is 2.35. The lowest BCUT2D eigenvalue weighted by Crippen LogP contribution is -2.15. The molecule has 1 aromatic heterocycles. The second-order valence-corrected chi connectivity index (χ2v) is 3.56. The van der Waals surface area contributed by atoms with Gasteiger partial charge in [0, 0.05) is 7.11 Å². The number of nitrogen functional groups attached to an aromatic ring is 1. The minimum absolute atomic E-state index is 0.0240. The number of nitrogens with two attached hydrogens (primary N) is 1. The van der Waals surface area contributed by atoms with Crippen molar-refractivity contribution in [3.63, 3.8) is 0 Å². The topological polar surface area (TPSA) is 79.4 Å². The molecule has 0 saturated heterocycles. The molecule has 0 radical (unpaired) electrons. The van der Waals surface area contributed by atoms with Crippen LogP contribution in [0.15, 0.2) is 0 Å². The van der Waals surface area contributed by atoms with Crippen molar-refractivity contribution in [1.82, 2.24) is 9.55 Å². The molecule has 6 nitrogen and oxygen atoms in total. The molecule has 1 heterocycles. The van der Waals surface area contributed by atoms with Gasteiger partial charge in [-0.3, -0.25) is 0 Å². The number of carbonyl (C=O) groups is 1. The number of ether oxygens (including phenoxy) is 2. The van der Waals surface area contributed by atoms with E-state index in [0.717, 1.165) is 0 Å². The van der Waals surface area contributed by atoms with Crippen molar-refractivity contribution in [3.05, 3.63) is 11.5 Å². The van der Waals surface area contributed by atoms with Gasteiger partial charge in [0.15, 0.2) is 5.69 Å². The first-order chi connectivity index (χ1) is 7.52. The van der Waals surface area contributed by atoms with E-state index in [1.807, 2.05) is 6.92 Å². The monoisotopic (exact) mass is 227 g/mol. The summed E-state index contributed by atoms with van der Waals surface area (Å²) in [4.78, 5) is 15.5. The van der Waals surface area contributed by atoms with Gasteiger partial charge in [-0.25, -0.2) is 9.78 Å². The molecule has 1 atom stereocenters. The maximum Gasteiger partial charge on any atom is 0.360 e. The Morgan fingerprint density at radius 1 is 1.56 bits per heavy atom. The second-order valence-electron chi connectivity index (χ2n) is 3.56. The lowest BCUT2D eigenvalue weighted by Gasteiger charge is -2.15. The van der Waals surface area contributed by atoms with Gasteiger partial charge in [-0.05, 0) is 13.8 Å². The number of aromatic nitrogens is 2. The molecule has 1 unspecified atom stereocenters. The van der Waals surface area contributed by atoms with Gasteiger partial charge in [-0.1, -0.05) is 0 Å². The summed E-state index contributed by atoms with van der Waals surface area (Å²) in [6.07, 6.45) is 0. The quantitative estimate of drug-likeness (QED) is 0.768. The number of carbonyl (C=O) groups excluding carboxylic acids is 1. The average Bonchev–Trinajstić information content (AvgIpc) is 2.53. The van der Waals surface area contributed by atoms with E-state index in [1.54, 1.807) is 18.6 Å². The van der Waals surface area contributed by atoms with Crippen LogP contribution in [0.3, 0.4) is 0 Å². The molecule has 0 saturated carbocycles. The zero-order valence-electron chi connectivity index (χ0n) is 9.98. The third kappa shape index (κ3) is 2.16. The molecule has 0 aliphatic carbocycles. The molecule has 90 valence electrons. The molecule has 2 N–H and O–H groups in total. The second kappa shape index (κ2) is 4.98. The lowest BCUT2D eigenvalue weighted by atomic mass is 10.3. The zero-order chi connectivity index (χ0) is 12.3. The first-order valence-corrected chi connectivity index (χ1v) is 4.94. The molecule has 0 bridgehead atoms. The predicted octanol–water partition coefficient (Wildman–Crippen LogP) is 0.768. The molecule has 0 fully saturated rings. The minimum Gasteiger partial charge on any atom is -0.464 e. The van der Waals surface area contributed by atoms with Gasteiger partial charge in [0.1, 0.15) is 11.6 Å². The van der Waals surface area contributed by atoms with Crippen LogP contribution < -0.4 is 5.73 Å². The van der Waals surface area contributed by atoms with E-state index in [-0.39, 0.29) is 11.7 Å². The van der Waals surface area contributed by atoms with Gasteiger partial charge in [0.05, 0.1) is 19.8 Å². The smallest absolute Gasteiger partial charge is 0.360 e. The van der Waals surface area contributed by atoms with Crippen LogP contribution >= 0.6 is 0 Å². The Kier molecular flexibility index (Phi) is 3.89. The van der Waals surface area contributed by atoms with Crippen LogP contribution in [0.25, 0.3) is 0 Å². The fraction of sp³-hybridized carbons (Fsp3) is 0.600. The first-order valence-electron chi connectivity index (χ1n) is 4.94. The van der Waals surface area contributed by atoms with E-state index in [2.05, 4.69) is 9.72 Å². The Balaban J connectivity index is 3.11. The molecule has 0 amide bonds. The zero-order valence-corrected chi connectivity index (χ0v) is 9.98. The Labute approximate surface area is 94.4 Å². The van der Waals surface area contributed by atoms with Gasteiger partial charge in [-0.15, -0.1) is 0 Å². The Morgan fingerprint density at radius 3 is 2.69 bits per heavy atom. The number of hydrogen-bond acceptors (Lipinski definition) is 5. The van der Waals surface area contributed by atoms with Crippen LogP contribution in [0.5, 0.6) is 0 Å². The number of rotatable bonds is 4. The molecule has 1 aromatic rings. The minimum atomic E-state index is -0.524. The summed E-state index contributed by atoms with van der Waals surface area (Å²) in [5.74, 6) is 0.459. The highest BCUT2D eigenvalue weighted by Gasteiger charge is 2.21. The van der Waals surface area contributed by atoms with Gasteiger partial charge < -0.3 is 19.8 Å². The fourth-order valence-electron chi connectivity index (χ4n) is 1.68. The highest BCUT2D eigenvalue weighted by Crippen LogP contribution is 2.20. The van der Waals surface area contributed by atoms with Crippen LogP contribution in [-0.4, -0.2) is 36.3 Å². The SMILES string of the molecule is COCC(C)n1c(C)nc(C(=O)OC)c1N. The van der Waals surface area contributed by atoms with Crippen molar-refractivity contribution >= 4 is 11.8 Å². The number of esters is 1. The van der Waals surface area contributed by atoms with E-state index >= 15 is 0 Å². The maximum absolute atomic E-state index is 11.4. The van der Waals surface area contributed by atoms with Gasteiger partial charge in [0.2, 0.25) is 0 Å². The Bertz CT molecular complexity index is 387. The summed E-state index contributed by atoms with van der Waals surface area (Å²) in [6, 6.07) is 0.0240. The summed E-state index contributed by atoms with van der Waals surface area (Å²) < 4.78 is 11.4. The molecule has 0 spiro atoms. The Morgan fingerprint density at radius 2 is 2.19 bits per heavy atom. The molecule has 0 aromatic carbocycles. The summed E-state index contributed by atoms with van der Waals surface area (Å²) in [6.45, 7) is 4.23. The molecular weight excluding hydrogens is 210 g/mol. The van der Waals surface area contributed by atoms with Crippen molar-refractivity contribution in [1.29, 1.82) is 0 Å². The van der Waals surface area contributed by atoms with Crippen molar-refractivity contribution in [2.45, 2.75) is 19.9 Å². The summed E-state index contributed by atoms with van der Waals surface area (Å²) in [5.41, 5.74) is 6.01. The number of hydrogen-bond donors (Lipinski definition) is 1. The number of anilines is 1. The molecule has 0 aliphatic heterocycles. The first kappa shape index (κ1) is 12.5. The molecule has 16 heavy (non-hydrogen) atoms. The summed E-state index contributed by atoms with van der Waals surface area (Å²) in [5, 5.41) is 0. The third-order valence-electron chi connectivity index (χ3n) is 2.35. The molecular formula is C10H17N3O3. The normalized spacial score (nSPS) is 12.5. The lowest BCUT2D eigenvalue weighted by molar-refractivity contribution is 0.0595. The van der Waals surface area contributed by atoms with Gasteiger partial charge >= 0.3 is 5.97 Å². The molecule has 0 aliphatic rings. The van der Waals surface area contributed by atoms with Gasteiger partial charge in [-0.2, -0.15) is 0 Å². The summed E-state index contributed by atoms with van der Waals surface area (Å²) in [7, 11) is 2.91. The molecule has 6 heteroatoms. The van der Waals surface area contributed by atoms with Crippen molar-refractivity contribution < 1.29 is 14.3 Å². The number of aryl methyl sites for hydroxylation is 1. The van der Waals surface area contributed by atoms with Crippen LogP contribution in [0.1, 0.15) is 29.3 Å². The van der Waals surface area contributed by atoms with Crippen LogP contribution in [0.4, 0.5) is 5.82 Å². The average molecular weight is 227 g/mol. The van der Waals surface area contributed by atoms with Crippen molar-refractivity contribution in [2.24, 2.45) is 0 Å². The van der Waals surface area contributed by atoms with Crippen molar-refractivity contribution in [3.8, 4) is 0 Å². The number of nitrogens with zero attached hydrogens (tertiary/aromatic N) is 2. The number of methoxy groups -OCH3 is 2. The van der Waals surface area contributed by atoms with Gasteiger partial charge in [0.25, 0.3) is 0 Å². The van der Waals surface area contributed by atoms with Crippen LogP contribution in [0.2, 0.25) is 0 Å². The van der Waals surface area contributed by atoms with E-state index < -0.39 is 5.97 Å². The predicted molar refractivity (Wildman–Crippen MR) is 59.3 cm³/mol. The van der Waals surface area contributed by atoms with E-state index in [4.69, 9.17) is 10.5 Å². The maximum atomic E-state index is 11.4. The van der Waals surface area contributed by atoms with E-state index in [1.165, 1.54) is 7.11 Å². The molecule has 1 rings (SSSR count). The van der Waals surface area contributed by atoms with Crippen LogP contribution in [-0.2, 0) is 9.47 Å². The standard InChI is InChI=1S/C10H17N3O3/c1-6(5-15-3)13-7(2)12-8(9(13)11)10(14)16-4/h6H,5,11H2,1-4H3. The summed E-state index contributed by atoms with van der Waals surface area (Å²) >= 11 is 0. The van der Waals surface area contributed by atoms with E-state index in [9.17, 15) is 4.79 Å². The number of imidazole rings is 1.